The summed E-state index contributed by atoms with van der Waals surface area (Å²) in [6.07, 6.45) is 0.851. The van der Waals surface area contributed by atoms with Gasteiger partial charge >= 0.3 is 0 Å². The van der Waals surface area contributed by atoms with Crippen molar-refractivity contribution in [3.05, 3.63) is 63.7 Å². The second-order valence-corrected chi connectivity index (χ2v) is 4.60. The number of hydrogen-bond donors (Lipinski definition) is 0. The zero-order valence-corrected chi connectivity index (χ0v) is 10.6. The van der Waals surface area contributed by atoms with Crippen LogP contribution < -0.4 is 4.90 Å². The van der Waals surface area contributed by atoms with Crippen LogP contribution in [0.1, 0.15) is 11.1 Å². The normalized spacial score (nSPS) is 12.8. The van der Waals surface area contributed by atoms with Crippen molar-refractivity contribution in [2.75, 3.05) is 11.4 Å². The number of nitrogens with zero attached hydrogens (tertiary/aromatic N) is 3. The van der Waals surface area contributed by atoms with E-state index in [-0.39, 0.29) is 5.69 Å². The van der Waals surface area contributed by atoms with Gasteiger partial charge < -0.3 is 4.90 Å². The van der Waals surface area contributed by atoms with Crippen molar-refractivity contribution in [2.24, 2.45) is 0 Å². The summed E-state index contributed by atoms with van der Waals surface area (Å²) in [5.74, 6) is 0. The molecule has 0 N–H and O–H groups in total. The van der Waals surface area contributed by atoms with Crippen LogP contribution in [-0.2, 0) is 6.42 Å². The van der Waals surface area contributed by atoms with E-state index in [0.29, 0.717) is 17.8 Å². The van der Waals surface area contributed by atoms with Gasteiger partial charge in [-0.2, -0.15) is 5.26 Å². The van der Waals surface area contributed by atoms with E-state index in [0.717, 1.165) is 12.1 Å². The number of nitro benzene ring substituents is 1. The van der Waals surface area contributed by atoms with Gasteiger partial charge in [-0.25, -0.2) is 0 Å². The van der Waals surface area contributed by atoms with Crippen LogP contribution in [0.15, 0.2) is 42.5 Å². The van der Waals surface area contributed by atoms with Crippen LogP contribution in [0.5, 0.6) is 0 Å². The fourth-order valence-corrected chi connectivity index (χ4v) is 2.55. The van der Waals surface area contributed by atoms with Crippen LogP contribution in [-0.4, -0.2) is 11.5 Å². The Morgan fingerprint density at radius 3 is 2.75 bits per heavy atom. The molecule has 0 spiro atoms. The van der Waals surface area contributed by atoms with Gasteiger partial charge in [0.1, 0.15) is 5.69 Å². The average Bonchev–Trinajstić information content (AvgIpc) is 2.90. The Hall–Kier alpha value is -2.87. The number of para-hydroxylation sites is 1. The third-order valence-electron chi connectivity index (χ3n) is 3.48. The molecule has 0 aliphatic carbocycles. The predicted octanol–water partition coefficient (Wildman–Crippen LogP) is 3.16. The highest BCUT2D eigenvalue weighted by Crippen LogP contribution is 2.39. The molecule has 2 aromatic carbocycles. The standard InChI is InChI=1S/C15H11N3O2/c16-10-11-5-6-14(18(19)20)15(9-11)17-8-7-12-3-1-2-4-13(12)17/h1-6,9H,7-8H2. The van der Waals surface area contributed by atoms with E-state index in [9.17, 15) is 10.1 Å². The molecule has 0 atom stereocenters. The van der Waals surface area contributed by atoms with E-state index in [1.54, 1.807) is 6.07 Å². The van der Waals surface area contributed by atoms with Gasteiger partial charge in [0, 0.05) is 18.3 Å². The number of anilines is 2. The number of rotatable bonds is 2. The van der Waals surface area contributed by atoms with Crippen molar-refractivity contribution in [2.45, 2.75) is 6.42 Å². The molecule has 2 aromatic rings. The monoisotopic (exact) mass is 265 g/mol. The fraction of sp³-hybridized carbons (Fsp3) is 0.133. The van der Waals surface area contributed by atoms with Gasteiger partial charge in [-0.15, -0.1) is 0 Å². The minimum atomic E-state index is -0.405. The van der Waals surface area contributed by atoms with Crippen molar-refractivity contribution >= 4 is 17.1 Å². The van der Waals surface area contributed by atoms with Crippen LogP contribution in [0.4, 0.5) is 17.1 Å². The summed E-state index contributed by atoms with van der Waals surface area (Å²) in [7, 11) is 0. The third-order valence-corrected chi connectivity index (χ3v) is 3.48. The maximum Gasteiger partial charge on any atom is 0.292 e. The van der Waals surface area contributed by atoms with Crippen LogP contribution >= 0.6 is 0 Å². The molecule has 0 amide bonds. The second kappa shape index (κ2) is 4.67. The maximum absolute atomic E-state index is 11.2. The van der Waals surface area contributed by atoms with Gasteiger partial charge in [0.2, 0.25) is 0 Å². The van der Waals surface area contributed by atoms with E-state index in [1.165, 1.54) is 17.7 Å². The van der Waals surface area contributed by atoms with Crippen molar-refractivity contribution in [3.8, 4) is 6.07 Å². The lowest BCUT2D eigenvalue weighted by atomic mass is 10.1. The number of fused-ring (bicyclic) bond motifs is 1. The maximum atomic E-state index is 11.2. The predicted molar refractivity (Wildman–Crippen MR) is 75.0 cm³/mol. The molecular formula is C15H11N3O2. The molecule has 1 aliphatic rings. The first-order chi connectivity index (χ1) is 9.70. The lowest BCUT2D eigenvalue weighted by molar-refractivity contribution is -0.384. The lowest BCUT2D eigenvalue weighted by Crippen LogP contribution is -2.15. The SMILES string of the molecule is N#Cc1ccc([N+](=O)[O-])c(N2CCc3ccccc32)c1. The number of nitriles is 1. The summed E-state index contributed by atoms with van der Waals surface area (Å²) >= 11 is 0. The van der Waals surface area contributed by atoms with E-state index >= 15 is 0 Å². The van der Waals surface area contributed by atoms with Gasteiger partial charge in [0.15, 0.2) is 0 Å². The molecule has 0 saturated heterocycles. The number of benzene rings is 2. The highest BCUT2D eigenvalue weighted by Gasteiger charge is 2.26. The Morgan fingerprint density at radius 2 is 2.00 bits per heavy atom. The first-order valence-electron chi connectivity index (χ1n) is 6.24. The number of hydrogen-bond acceptors (Lipinski definition) is 4. The molecular weight excluding hydrogens is 254 g/mol. The summed E-state index contributed by atoms with van der Waals surface area (Å²) in [6, 6.07) is 14.3. The molecule has 0 radical (unpaired) electrons. The van der Waals surface area contributed by atoms with E-state index < -0.39 is 4.92 Å². The van der Waals surface area contributed by atoms with Gasteiger partial charge in [0.05, 0.1) is 16.6 Å². The van der Waals surface area contributed by atoms with Crippen LogP contribution in [0.3, 0.4) is 0 Å². The zero-order chi connectivity index (χ0) is 14.1. The molecule has 3 rings (SSSR count). The Morgan fingerprint density at radius 1 is 1.20 bits per heavy atom. The molecule has 5 heteroatoms. The van der Waals surface area contributed by atoms with Crippen LogP contribution in [0, 0.1) is 21.4 Å². The molecule has 1 aliphatic heterocycles. The minimum Gasteiger partial charge on any atom is -0.335 e. The zero-order valence-electron chi connectivity index (χ0n) is 10.6. The Balaban J connectivity index is 2.15. The fourth-order valence-electron chi connectivity index (χ4n) is 2.55. The molecule has 20 heavy (non-hydrogen) atoms. The van der Waals surface area contributed by atoms with E-state index in [2.05, 4.69) is 0 Å². The summed E-state index contributed by atoms with van der Waals surface area (Å²) in [5, 5.41) is 20.2. The van der Waals surface area contributed by atoms with Crippen molar-refractivity contribution in [3.63, 3.8) is 0 Å². The Bertz CT molecular complexity index is 734. The Kier molecular flexibility index (Phi) is 2.84. The highest BCUT2D eigenvalue weighted by atomic mass is 16.6. The molecule has 0 unspecified atom stereocenters. The third kappa shape index (κ3) is 1.88. The molecule has 1 heterocycles. The number of nitro groups is 1. The van der Waals surface area contributed by atoms with Gasteiger partial charge in [-0.3, -0.25) is 10.1 Å². The molecule has 98 valence electrons. The Labute approximate surface area is 115 Å². The summed E-state index contributed by atoms with van der Waals surface area (Å²) < 4.78 is 0. The van der Waals surface area contributed by atoms with Crippen molar-refractivity contribution in [1.82, 2.24) is 0 Å². The molecule has 0 fully saturated rings. The van der Waals surface area contributed by atoms with E-state index in [4.69, 9.17) is 5.26 Å². The smallest absolute Gasteiger partial charge is 0.292 e. The first kappa shape index (κ1) is 12.2. The average molecular weight is 265 g/mol. The summed E-state index contributed by atoms with van der Waals surface area (Å²) in [4.78, 5) is 12.7. The summed E-state index contributed by atoms with van der Waals surface area (Å²) in [6.45, 7) is 0.690. The molecule has 0 bridgehead atoms. The van der Waals surface area contributed by atoms with Gasteiger partial charge in [0.25, 0.3) is 5.69 Å². The van der Waals surface area contributed by atoms with Gasteiger partial charge in [-0.05, 0) is 30.2 Å². The van der Waals surface area contributed by atoms with E-state index in [1.807, 2.05) is 35.2 Å². The lowest BCUT2D eigenvalue weighted by Gasteiger charge is -2.19. The van der Waals surface area contributed by atoms with Crippen molar-refractivity contribution in [1.29, 1.82) is 5.26 Å². The van der Waals surface area contributed by atoms with Gasteiger partial charge in [-0.1, -0.05) is 18.2 Å². The highest BCUT2D eigenvalue weighted by molar-refractivity contribution is 5.77. The topological polar surface area (TPSA) is 70.2 Å². The van der Waals surface area contributed by atoms with Crippen molar-refractivity contribution < 1.29 is 4.92 Å². The quantitative estimate of drug-likeness (QED) is 0.617. The molecule has 0 aromatic heterocycles. The largest absolute Gasteiger partial charge is 0.335 e. The first-order valence-corrected chi connectivity index (χ1v) is 6.24. The van der Waals surface area contributed by atoms with Crippen LogP contribution in [0.25, 0.3) is 0 Å². The summed E-state index contributed by atoms with van der Waals surface area (Å²) in [5.41, 5.74) is 3.09. The minimum absolute atomic E-state index is 0.0284. The van der Waals surface area contributed by atoms with Crippen LogP contribution in [0.2, 0.25) is 0 Å². The second-order valence-electron chi connectivity index (χ2n) is 4.60. The molecule has 0 saturated carbocycles. The molecule has 5 nitrogen and oxygen atoms in total.